The fraction of sp³-hybridized carbons (Fsp3) is 0.250. The maximum atomic E-state index is 12.5. The third-order valence-electron chi connectivity index (χ3n) is 4.60. The Labute approximate surface area is 152 Å². The van der Waals surface area contributed by atoms with Crippen molar-refractivity contribution in [2.45, 2.75) is 26.7 Å². The van der Waals surface area contributed by atoms with E-state index in [0.717, 1.165) is 34.6 Å². The Hall–Kier alpha value is -3.15. The Morgan fingerprint density at radius 1 is 1.00 bits per heavy atom. The zero-order valence-electron chi connectivity index (χ0n) is 14.8. The number of carbonyl (C=O) groups excluding carboxylic acids is 3. The molecule has 0 saturated heterocycles. The van der Waals surface area contributed by atoms with E-state index in [-0.39, 0.29) is 23.4 Å². The van der Waals surface area contributed by atoms with E-state index in [2.05, 4.69) is 5.32 Å². The smallest absolute Gasteiger partial charge is 0.264 e. The zero-order chi connectivity index (χ0) is 18.8. The van der Waals surface area contributed by atoms with Crippen LogP contribution in [0.5, 0.6) is 0 Å². The molecule has 0 spiro atoms. The number of rotatable bonds is 5. The van der Waals surface area contributed by atoms with Crippen LogP contribution in [-0.2, 0) is 17.6 Å². The van der Waals surface area contributed by atoms with Crippen molar-refractivity contribution in [3.05, 3.63) is 58.7 Å². The van der Waals surface area contributed by atoms with Gasteiger partial charge in [-0.2, -0.15) is 0 Å². The fourth-order valence-corrected chi connectivity index (χ4v) is 3.23. The zero-order valence-corrected chi connectivity index (χ0v) is 14.8. The van der Waals surface area contributed by atoms with E-state index >= 15 is 0 Å². The maximum absolute atomic E-state index is 12.5. The van der Waals surface area contributed by atoms with Crippen LogP contribution in [0.1, 0.15) is 45.7 Å². The van der Waals surface area contributed by atoms with Crippen LogP contribution in [0, 0.1) is 0 Å². The molecule has 3 amide bonds. The van der Waals surface area contributed by atoms with E-state index in [4.69, 9.17) is 5.73 Å². The second kappa shape index (κ2) is 7.00. The number of hydrogen-bond donors (Lipinski definition) is 2. The van der Waals surface area contributed by atoms with Crippen LogP contribution in [-0.4, -0.2) is 29.2 Å². The molecule has 0 unspecified atom stereocenters. The molecule has 2 aromatic rings. The predicted octanol–water partition coefficient (Wildman–Crippen LogP) is 2.63. The molecule has 6 heteroatoms. The standard InChI is InChI=1S/C20H21N3O3/c1-3-12-7-5-8-13(4-2)18(12)22-16(24)11-23-19(25)14-9-6-10-15(21)17(14)20(23)26/h5-10H,3-4,11,21H2,1-2H3,(H,22,24). The lowest BCUT2D eigenvalue weighted by Crippen LogP contribution is -2.37. The minimum atomic E-state index is -0.530. The van der Waals surface area contributed by atoms with Gasteiger partial charge in [0.05, 0.1) is 11.1 Å². The van der Waals surface area contributed by atoms with Crippen LogP contribution < -0.4 is 11.1 Å². The molecular weight excluding hydrogens is 330 g/mol. The average Bonchev–Trinajstić information content (AvgIpc) is 2.87. The van der Waals surface area contributed by atoms with Crippen LogP contribution in [0.25, 0.3) is 0 Å². The Morgan fingerprint density at radius 3 is 2.19 bits per heavy atom. The first-order valence-corrected chi connectivity index (χ1v) is 8.63. The number of nitrogens with two attached hydrogens (primary N) is 1. The summed E-state index contributed by atoms with van der Waals surface area (Å²) in [6.07, 6.45) is 1.54. The summed E-state index contributed by atoms with van der Waals surface area (Å²) >= 11 is 0. The van der Waals surface area contributed by atoms with E-state index < -0.39 is 17.7 Å². The number of hydrogen-bond acceptors (Lipinski definition) is 4. The fourth-order valence-electron chi connectivity index (χ4n) is 3.23. The van der Waals surface area contributed by atoms with Gasteiger partial charge in [0.15, 0.2) is 0 Å². The topological polar surface area (TPSA) is 92.5 Å². The summed E-state index contributed by atoms with van der Waals surface area (Å²) < 4.78 is 0. The molecule has 0 bridgehead atoms. The third-order valence-corrected chi connectivity index (χ3v) is 4.60. The van der Waals surface area contributed by atoms with E-state index in [1.54, 1.807) is 18.2 Å². The van der Waals surface area contributed by atoms with Crippen LogP contribution in [0.4, 0.5) is 11.4 Å². The van der Waals surface area contributed by atoms with Crippen molar-refractivity contribution in [3.8, 4) is 0 Å². The van der Waals surface area contributed by atoms with Crippen molar-refractivity contribution < 1.29 is 14.4 Å². The Kier molecular flexibility index (Phi) is 4.75. The number of nitrogen functional groups attached to an aromatic ring is 1. The number of aryl methyl sites for hydroxylation is 2. The van der Waals surface area contributed by atoms with Crippen molar-refractivity contribution in [1.82, 2.24) is 4.90 Å². The number of nitrogens with one attached hydrogen (secondary N) is 1. The third kappa shape index (κ3) is 2.94. The van der Waals surface area contributed by atoms with E-state index in [9.17, 15) is 14.4 Å². The number of nitrogens with zero attached hydrogens (tertiary/aromatic N) is 1. The van der Waals surface area contributed by atoms with Gasteiger partial charge in [-0.15, -0.1) is 0 Å². The minimum Gasteiger partial charge on any atom is -0.398 e. The summed E-state index contributed by atoms with van der Waals surface area (Å²) in [5.74, 6) is -1.43. The van der Waals surface area contributed by atoms with Gasteiger partial charge in [-0.05, 0) is 36.1 Å². The maximum Gasteiger partial charge on any atom is 0.264 e. The van der Waals surface area contributed by atoms with Gasteiger partial charge in [0.1, 0.15) is 6.54 Å². The van der Waals surface area contributed by atoms with Gasteiger partial charge < -0.3 is 11.1 Å². The van der Waals surface area contributed by atoms with Gasteiger partial charge in [-0.3, -0.25) is 19.3 Å². The van der Waals surface area contributed by atoms with Gasteiger partial charge in [-0.1, -0.05) is 38.1 Å². The Morgan fingerprint density at radius 2 is 1.62 bits per heavy atom. The van der Waals surface area contributed by atoms with Gasteiger partial charge in [0, 0.05) is 11.4 Å². The lowest BCUT2D eigenvalue weighted by molar-refractivity contribution is -0.116. The number of benzene rings is 2. The molecule has 6 nitrogen and oxygen atoms in total. The molecule has 0 atom stereocenters. The highest BCUT2D eigenvalue weighted by molar-refractivity contribution is 6.24. The van der Waals surface area contributed by atoms with Gasteiger partial charge >= 0.3 is 0 Å². The largest absolute Gasteiger partial charge is 0.398 e. The highest BCUT2D eigenvalue weighted by Crippen LogP contribution is 2.28. The molecular formula is C20H21N3O3. The molecule has 3 N–H and O–H groups in total. The van der Waals surface area contributed by atoms with Crippen LogP contribution in [0.15, 0.2) is 36.4 Å². The second-order valence-corrected chi connectivity index (χ2v) is 6.17. The van der Waals surface area contributed by atoms with Gasteiger partial charge in [-0.25, -0.2) is 0 Å². The lowest BCUT2D eigenvalue weighted by atomic mass is 10.0. The molecule has 0 saturated carbocycles. The summed E-state index contributed by atoms with van der Waals surface area (Å²) in [6, 6.07) is 10.6. The molecule has 0 fully saturated rings. The number of fused-ring (bicyclic) bond motifs is 1. The number of anilines is 2. The van der Waals surface area contributed by atoms with Crippen molar-refractivity contribution >= 4 is 29.1 Å². The van der Waals surface area contributed by atoms with Crippen LogP contribution in [0.3, 0.4) is 0 Å². The predicted molar refractivity (Wildman–Crippen MR) is 100 cm³/mol. The first-order chi connectivity index (χ1) is 12.5. The quantitative estimate of drug-likeness (QED) is 0.640. The van der Waals surface area contributed by atoms with Crippen LogP contribution >= 0.6 is 0 Å². The Bertz CT molecular complexity index is 883. The van der Waals surface area contributed by atoms with Crippen molar-refractivity contribution in [2.24, 2.45) is 0 Å². The second-order valence-electron chi connectivity index (χ2n) is 6.17. The normalized spacial score (nSPS) is 13.1. The molecule has 3 rings (SSSR count). The number of amides is 3. The highest BCUT2D eigenvalue weighted by atomic mass is 16.2. The Balaban J connectivity index is 1.81. The molecule has 0 aliphatic carbocycles. The van der Waals surface area contributed by atoms with Gasteiger partial charge in [0.2, 0.25) is 5.91 Å². The molecule has 0 radical (unpaired) electrons. The number of imide groups is 1. The van der Waals surface area contributed by atoms with E-state index in [0.29, 0.717) is 0 Å². The summed E-state index contributed by atoms with van der Waals surface area (Å²) in [5, 5.41) is 2.87. The van der Waals surface area contributed by atoms with Crippen molar-refractivity contribution in [3.63, 3.8) is 0 Å². The summed E-state index contributed by atoms with van der Waals surface area (Å²) in [7, 11) is 0. The first kappa shape index (κ1) is 17.7. The number of para-hydroxylation sites is 1. The molecule has 26 heavy (non-hydrogen) atoms. The monoisotopic (exact) mass is 351 g/mol. The lowest BCUT2D eigenvalue weighted by Gasteiger charge is -2.17. The summed E-state index contributed by atoms with van der Waals surface area (Å²) in [6.45, 7) is 3.68. The summed E-state index contributed by atoms with van der Waals surface area (Å²) in [4.78, 5) is 38.5. The SMILES string of the molecule is CCc1cccc(CC)c1NC(=O)CN1C(=O)c2cccc(N)c2C1=O. The van der Waals surface area contributed by atoms with Crippen LogP contribution in [0.2, 0.25) is 0 Å². The van der Waals surface area contributed by atoms with Crippen molar-refractivity contribution in [2.75, 3.05) is 17.6 Å². The molecule has 0 aromatic heterocycles. The first-order valence-electron chi connectivity index (χ1n) is 8.63. The molecule has 1 heterocycles. The molecule has 2 aromatic carbocycles. The summed E-state index contributed by atoms with van der Waals surface area (Å²) in [5.41, 5.74) is 9.28. The van der Waals surface area contributed by atoms with E-state index in [1.165, 1.54) is 0 Å². The molecule has 1 aliphatic rings. The highest BCUT2D eigenvalue weighted by Gasteiger charge is 2.38. The average molecular weight is 351 g/mol. The van der Waals surface area contributed by atoms with E-state index in [1.807, 2.05) is 32.0 Å². The van der Waals surface area contributed by atoms with Crippen molar-refractivity contribution in [1.29, 1.82) is 0 Å². The van der Waals surface area contributed by atoms with Gasteiger partial charge in [0.25, 0.3) is 11.8 Å². The molecule has 134 valence electrons. The molecule has 1 aliphatic heterocycles. The minimum absolute atomic E-state index is 0.175. The number of carbonyl (C=O) groups is 3.